The molecular weight excluding hydrogens is 265 g/mol. The number of rotatable bonds is 5. The van der Waals surface area contributed by atoms with Gasteiger partial charge in [0.25, 0.3) is 5.69 Å². The predicted molar refractivity (Wildman–Crippen MR) is 69.0 cm³/mol. The highest BCUT2D eigenvalue weighted by Gasteiger charge is 2.15. The first-order valence-electron chi connectivity index (χ1n) is 5.99. The third-order valence-corrected chi connectivity index (χ3v) is 2.85. The summed E-state index contributed by atoms with van der Waals surface area (Å²) < 4.78 is 14.6. The van der Waals surface area contributed by atoms with Gasteiger partial charge in [-0.25, -0.2) is 4.39 Å². The summed E-state index contributed by atoms with van der Waals surface area (Å²) in [7, 11) is 0. The van der Waals surface area contributed by atoms with Crippen LogP contribution in [0.5, 0.6) is 0 Å². The van der Waals surface area contributed by atoms with Gasteiger partial charge in [0.15, 0.2) is 5.78 Å². The van der Waals surface area contributed by atoms with Crippen LogP contribution in [-0.2, 0) is 6.54 Å². The average molecular weight is 277 g/mol. The molecule has 0 atom stereocenters. The molecule has 0 aliphatic heterocycles. The molecule has 0 N–H and O–H groups in total. The molecule has 7 heteroatoms. The Bertz CT molecular complexity index is 667. The Morgan fingerprint density at radius 1 is 1.50 bits per heavy atom. The van der Waals surface area contributed by atoms with Crippen molar-refractivity contribution in [2.24, 2.45) is 0 Å². The standard InChI is InChI=1S/C13H12FN3O3/c1-2-13(18)10-6-15-16(8-10)7-9-5-11(14)3-4-12(9)17(19)20/h3-6,8H,2,7H2,1H3. The summed E-state index contributed by atoms with van der Waals surface area (Å²) in [6.45, 7) is 1.77. The van der Waals surface area contributed by atoms with Gasteiger partial charge in [0.1, 0.15) is 5.82 Å². The van der Waals surface area contributed by atoms with Crippen molar-refractivity contribution in [3.63, 3.8) is 0 Å². The minimum Gasteiger partial charge on any atom is -0.294 e. The predicted octanol–water partition coefficient (Wildman–Crippen LogP) is 2.57. The van der Waals surface area contributed by atoms with Crippen LogP contribution in [0.3, 0.4) is 0 Å². The number of aromatic nitrogens is 2. The Morgan fingerprint density at radius 3 is 2.90 bits per heavy atom. The van der Waals surface area contributed by atoms with Gasteiger partial charge >= 0.3 is 0 Å². The second-order valence-corrected chi connectivity index (χ2v) is 4.23. The highest BCUT2D eigenvalue weighted by Crippen LogP contribution is 2.20. The third-order valence-electron chi connectivity index (χ3n) is 2.85. The number of nitrogens with zero attached hydrogens (tertiary/aromatic N) is 3. The second-order valence-electron chi connectivity index (χ2n) is 4.23. The molecule has 0 saturated heterocycles. The van der Waals surface area contributed by atoms with E-state index >= 15 is 0 Å². The molecule has 2 aromatic rings. The number of halogens is 1. The van der Waals surface area contributed by atoms with Crippen LogP contribution in [-0.4, -0.2) is 20.5 Å². The quantitative estimate of drug-likeness (QED) is 0.478. The van der Waals surface area contributed by atoms with Crippen molar-refractivity contribution >= 4 is 11.5 Å². The molecule has 2 rings (SSSR count). The summed E-state index contributed by atoms with van der Waals surface area (Å²) in [5.41, 5.74) is 0.463. The zero-order valence-electron chi connectivity index (χ0n) is 10.7. The third kappa shape index (κ3) is 2.87. The normalized spacial score (nSPS) is 10.5. The van der Waals surface area contributed by atoms with E-state index in [9.17, 15) is 19.3 Å². The van der Waals surface area contributed by atoms with Crippen molar-refractivity contribution in [3.8, 4) is 0 Å². The summed E-state index contributed by atoms with van der Waals surface area (Å²) in [6, 6.07) is 3.25. The Labute approximate surface area is 114 Å². The van der Waals surface area contributed by atoms with E-state index in [0.717, 1.165) is 18.2 Å². The van der Waals surface area contributed by atoms with E-state index in [1.165, 1.54) is 17.1 Å². The molecule has 0 aliphatic carbocycles. The monoisotopic (exact) mass is 277 g/mol. The minimum atomic E-state index is -0.573. The number of benzene rings is 1. The molecule has 0 saturated carbocycles. The molecule has 1 heterocycles. The molecule has 0 fully saturated rings. The van der Waals surface area contributed by atoms with Gasteiger partial charge < -0.3 is 0 Å². The van der Waals surface area contributed by atoms with Crippen LogP contribution >= 0.6 is 0 Å². The van der Waals surface area contributed by atoms with Crippen LogP contribution < -0.4 is 0 Å². The fourth-order valence-electron chi connectivity index (χ4n) is 1.83. The summed E-state index contributed by atoms with van der Waals surface area (Å²) >= 11 is 0. The number of hydrogen-bond donors (Lipinski definition) is 0. The topological polar surface area (TPSA) is 78.0 Å². The van der Waals surface area contributed by atoms with Crippen molar-refractivity contribution in [3.05, 3.63) is 57.7 Å². The number of ketones is 1. The number of nitro groups is 1. The lowest BCUT2D eigenvalue weighted by Gasteiger charge is -2.03. The zero-order chi connectivity index (χ0) is 14.7. The molecular formula is C13H12FN3O3. The smallest absolute Gasteiger partial charge is 0.274 e. The Hall–Kier alpha value is -2.57. The lowest BCUT2D eigenvalue weighted by atomic mass is 10.1. The molecule has 0 spiro atoms. The second kappa shape index (κ2) is 5.60. The van der Waals surface area contributed by atoms with E-state index < -0.39 is 10.7 Å². The molecule has 20 heavy (non-hydrogen) atoms. The largest absolute Gasteiger partial charge is 0.294 e. The van der Waals surface area contributed by atoms with Crippen LogP contribution in [0.15, 0.2) is 30.6 Å². The van der Waals surface area contributed by atoms with E-state index in [1.54, 1.807) is 6.92 Å². The maximum Gasteiger partial charge on any atom is 0.274 e. The van der Waals surface area contributed by atoms with Gasteiger partial charge in [-0.3, -0.25) is 19.6 Å². The number of Topliss-reactive ketones (excluding diaryl/α,β-unsaturated/α-hetero) is 1. The Kier molecular flexibility index (Phi) is 3.88. The SMILES string of the molecule is CCC(=O)c1cnn(Cc2cc(F)ccc2[N+](=O)[O-])c1. The van der Waals surface area contributed by atoms with Crippen LogP contribution in [0.4, 0.5) is 10.1 Å². The van der Waals surface area contributed by atoms with Crippen molar-refractivity contribution in [1.29, 1.82) is 0 Å². The molecule has 0 radical (unpaired) electrons. The van der Waals surface area contributed by atoms with E-state index in [0.29, 0.717) is 12.0 Å². The maximum atomic E-state index is 13.2. The highest BCUT2D eigenvalue weighted by molar-refractivity contribution is 5.95. The fraction of sp³-hybridized carbons (Fsp3) is 0.231. The summed E-state index contributed by atoms with van der Waals surface area (Å²) in [5.74, 6) is -0.618. The average Bonchev–Trinajstić information content (AvgIpc) is 2.86. The first-order valence-corrected chi connectivity index (χ1v) is 5.99. The van der Waals surface area contributed by atoms with Gasteiger partial charge in [0, 0.05) is 18.7 Å². The van der Waals surface area contributed by atoms with Gasteiger partial charge in [-0.1, -0.05) is 6.92 Å². The lowest BCUT2D eigenvalue weighted by Crippen LogP contribution is -2.04. The molecule has 1 aromatic heterocycles. The fourth-order valence-corrected chi connectivity index (χ4v) is 1.83. The van der Waals surface area contributed by atoms with Gasteiger partial charge in [0.05, 0.1) is 28.8 Å². The Morgan fingerprint density at radius 2 is 2.25 bits per heavy atom. The van der Waals surface area contributed by atoms with Gasteiger partial charge in [-0.15, -0.1) is 0 Å². The first kappa shape index (κ1) is 13.9. The summed E-state index contributed by atoms with van der Waals surface area (Å²) in [6.07, 6.45) is 3.25. The van der Waals surface area contributed by atoms with Gasteiger partial charge in [-0.05, 0) is 12.1 Å². The summed E-state index contributed by atoms with van der Waals surface area (Å²) in [4.78, 5) is 21.8. The molecule has 6 nitrogen and oxygen atoms in total. The lowest BCUT2D eigenvalue weighted by molar-refractivity contribution is -0.385. The van der Waals surface area contributed by atoms with Crippen molar-refractivity contribution in [1.82, 2.24) is 9.78 Å². The van der Waals surface area contributed by atoms with Gasteiger partial charge in [0.2, 0.25) is 0 Å². The van der Waals surface area contributed by atoms with Gasteiger partial charge in [-0.2, -0.15) is 5.10 Å². The van der Waals surface area contributed by atoms with E-state index in [1.807, 2.05) is 0 Å². The molecule has 0 unspecified atom stereocenters. The van der Waals surface area contributed by atoms with Crippen LogP contribution in [0, 0.1) is 15.9 Å². The molecule has 0 bridgehead atoms. The number of nitro benzene ring substituents is 1. The number of carbonyl (C=O) groups excluding carboxylic acids is 1. The van der Waals surface area contributed by atoms with E-state index in [4.69, 9.17) is 0 Å². The Balaban J connectivity index is 2.30. The van der Waals surface area contributed by atoms with Crippen LogP contribution in [0.1, 0.15) is 29.3 Å². The molecule has 1 aromatic carbocycles. The van der Waals surface area contributed by atoms with Crippen molar-refractivity contribution in [2.75, 3.05) is 0 Å². The molecule has 0 aliphatic rings. The summed E-state index contributed by atoms with van der Waals surface area (Å²) in [5, 5.41) is 14.8. The highest BCUT2D eigenvalue weighted by atomic mass is 19.1. The van der Waals surface area contributed by atoms with Crippen molar-refractivity contribution < 1.29 is 14.1 Å². The zero-order valence-corrected chi connectivity index (χ0v) is 10.7. The van der Waals surface area contributed by atoms with Crippen LogP contribution in [0.25, 0.3) is 0 Å². The van der Waals surface area contributed by atoms with E-state index in [2.05, 4.69) is 5.10 Å². The maximum absolute atomic E-state index is 13.2. The molecule has 104 valence electrons. The number of hydrogen-bond acceptors (Lipinski definition) is 4. The van der Waals surface area contributed by atoms with E-state index in [-0.39, 0.29) is 23.6 Å². The van der Waals surface area contributed by atoms with Crippen molar-refractivity contribution in [2.45, 2.75) is 19.9 Å². The minimum absolute atomic E-state index is 0.0328. The molecule has 0 amide bonds. The first-order chi connectivity index (χ1) is 9.51. The van der Waals surface area contributed by atoms with Crippen LogP contribution in [0.2, 0.25) is 0 Å². The number of carbonyl (C=O) groups is 1.